The summed E-state index contributed by atoms with van der Waals surface area (Å²) in [6.07, 6.45) is 9.52. The number of Topliss-reactive ketones (excluding diaryl/α,β-unsaturated/α-hetero) is 1. The Kier molecular flexibility index (Phi) is 11.0. The van der Waals surface area contributed by atoms with E-state index in [0.717, 1.165) is 18.9 Å². The average Bonchev–Trinajstić information content (AvgIpc) is 3.20. The quantitative estimate of drug-likeness (QED) is 0.693. The number of carbonyl (C=O) groups excluding carboxylic acids is 1. The number of rotatable bonds is 4. The molecule has 0 spiro atoms. The minimum absolute atomic E-state index is 0.167. The summed E-state index contributed by atoms with van der Waals surface area (Å²) in [7, 11) is 0. The Balaban J connectivity index is 0.000000248. The van der Waals surface area contributed by atoms with Crippen LogP contribution < -0.4 is 5.32 Å². The molecule has 160 valence electrons. The molecular formula is C26H39NO2. The summed E-state index contributed by atoms with van der Waals surface area (Å²) in [5, 5.41) is 5.98. The van der Waals surface area contributed by atoms with Gasteiger partial charge in [0.25, 0.3) is 0 Å². The third kappa shape index (κ3) is 9.56. The lowest BCUT2D eigenvalue weighted by molar-refractivity contribution is -0.114. The van der Waals surface area contributed by atoms with Crippen LogP contribution in [0.4, 0.5) is 0 Å². The highest BCUT2D eigenvalue weighted by atomic mass is 16.5. The van der Waals surface area contributed by atoms with Crippen molar-refractivity contribution in [3.05, 3.63) is 48.0 Å². The van der Waals surface area contributed by atoms with Crippen molar-refractivity contribution < 1.29 is 9.53 Å². The third-order valence-corrected chi connectivity index (χ3v) is 5.46. The topological polar surface area (TPSA) is 38.3 Å². The first-order chi connectivity index (χ1) is 14.1. The molecule has 2 aliphatic rings. The van der Waals surface area contributed by atoms with Crippen molar-refractivity contribution in [2.24, 2.45) is 5.92 Å². The van der Waals surface area contributed by atoms with Crippen LogP contribution in [0.15, 0.2) is 42.5 Å². The fourth-order valence-electron chi connectivity index (χ4n) is 3.88. The maximum Gasteiger partial charge on any atom is 0.126 e. The molecule has 2 fully saturated rings. The average molecular weight is 398 g/mol. The summed E-state index contributed by atoms with van der Waals surface area (Å²) in [5.41, 5.74) is 1.41. The molecule has 1 atom stereocenters. The summed E-state index contributed by atoms with van der Waals surface area (Å²) in [5.74, 6) is 1.10. The smallest absolute Gasteiger partial charge is 0.126 e. The Hall–Kier alpha value is -1.71. The number of fused-ring (bicyclic) bond motifs is 1. The molecule has 0 radical (unpaired) electrons. The van der Waals surface area contributed by atoms with Gasteiger partial charge in [0.05, 0.1) is 12.7 Å². The van der Waals surface area contributed by atoms with Gasteiger partial charge in [-0.15, -0.1) is 0 Å². The standard InChI is InChI=1S/C18H22O.C5H11N.C3H6O/c1-2-10-17(11-3-1)19-14-13-16-9-6-8-15-7-4-5-12-18(15)16;1-5-2-3-6-4-5;1-3(2)4/h4-9,12,17H,1-3,10-11,13-14H2;5-6H,2-4H2,1H3;1-2H3. The van der Waals surface area contributed by atoms with Gasteiger partial charge in [-0.25, -0.2) is 0 Å². The molecule has 1 aliphatic heterocycles. The van der Waals surface area contributed by atoms with Gasteiger partial charge in [0.1, 0.15) is 5.78 Å². The number of nitrogens with one attached hydrogen (secondary N) is 1. The molecule has 0 bridgehead atoms. The van der Waals surface area contributed by atoms with Gasteiger partial charge in [-0.2, -0.15) is 0 Å². The van der Waals surface area contributed by atoms with E-state index in [1.54, 1.807) is 0 Å². The number of ketones is 1. The minimum atomic E-state index is 0.167. The summed E-state index contributed by atoms with van der Waals surface area (Å²) in [6.45, 7) is 8.67. The lowest BCUT2D eigenvalue weighted by Crippen LogP contribution is -2.17. The predicted molar refractivity (Wildman–Crippen MR) is 123 cm³/mol. The van der Waals surface area contributed by atoms with Gasteiger partial charge in [0.15, 0.2) is 0 Å². The van der Waals surface area contributed by atoms with Gasteiger partial charge in [0, 0.05) is 0 Å². The van der Waals surface area contributed by atoms with E-state index in [1.807, 2.05) is 0 Å². The first-order valence-corrected chi connectivity index (χ1v) is 11.3. The number of hydrogen-bond acceptors (Lipinski definition) is 3. The largest absolute Gasteiger partial charge is 0.378 e. The molecule has 3 nitrogen and oxygen atoms in total. The Morgan fingerprint density at radius 2 is 1.69 bits per heavy atom. The van der Waals surface area contributed by atoms with Crippen LogP contribution in [0.2, 0.25) is 0 Å². The second kappa shape index (κ2) is 13.5. The van der Waals surface area contributed by atoms with E-state index in [9.17, 15) is 4.79 Å². The van der Waals surface area contributed by atoms with Crippen molar-refractivity contribution in [1.82, 2.24) is 5.32 Å². The van der Waals surface area contributed by atoms with E-state index in [-0.39, 0.29) is 5.78 Å². The van der Waals surface area contributed by atoms with Crippen LogP contribution in [-0.4, -0.2) is 31.6 Å². The van der Waals surface area contributed by atoms with Crippen LogP contribution in [0.5, 0.6) is 0 Å². The van der Waals surface area contributed by atoms with Crippen molar-refractivity contribution in [2.45, 2.75) is 71.8 Å². The molecule has 1 unspecified atom stereocenters. The molecule has 1 saturated heterocycles. The fourth-order valence-corrected chi connectivity index (χ4v) is 3.88. The van der Waals surface area contributed by atoms with Crippen LogP contribution in [0, 0.1) is 5.92 Å². The van der Waals surface area contributed by atoms with Gasteiger partial charge >= 0.3 is 0 Å². The lowest BCUT2D eigenvalue weighted by Gasteiger charge is -2.22. The van der Waals surface area contributed by atoms with Crippen molar-refractivity contribution >= 4 is 16.6 Å². The Morgan fingerprint density at radius 1 is 1.00 bits per heavy atom. The first-order valence-electron chi connectivity index (χ1n) is 11.3. The normalized spacial score (nSPS) is 19.1. The Morgan fingerprint density at radius 3 is 2.31 bits per heavy atom. The number of hydrogen-bond donors (Lipinski definition) is 1. The lowest BCUT2D eigenvalue weighted by atomic mass is 9.98. The minimum Gasteiger partial charge on any atom is -0.378 e. The third-order valence-electron chi connectivity index (χ3n) is 5.46. The van der Waals surface area contributed by atoms with Crippen LogP contribution >= 0.6 is 0 Å². The summed E-state index contributed by atoms with van der Waals surface area (Å²) in [6, 6.07) is 15.2. The second-order valence-corrected chi connectivity index (χ2v) is 8.53. The highest BCUT2D eigenvalue weighted by Crippen LogP contribution is 2.22. The SMILES string of the molecule is CC(C)=O.CC1CCNC1.c1ccc2c(CCOC3CCCCC3)cccc2c1. The summed E-state index contributed by atoms with van der Waals surface area (Å²) in [4.78, 5) is 9.44. The molecule has 4 rings (SSSR count). The Labute approximate surface area is 177 Å². The molecule has 3 heteroatoms. The maximum atomic E-state index is 9.44. The van der Waals surface area contributed by atoms with Crippen molar-refractivity contribution in [3.8, 4) is 0 Å². The van der Waals surface area contributed by atoms with Crippen LogP contribution in [0.3, 0.4) is 0 Å². The van der Waals surface area contributed by atoms with E-state index in [0.29, 0.717) is 6.10 Å². The van der Waals surface area contributed by atoms with E-state index >= 15 is 0 Å². The van der Waals surface area contributed by atoms with Crippen LogP contribution in [0.1, 0.15) is 64.9 Å². The zero-order chi connectivity index (χ0) is 20.9. The van der Waals surface area contributed by atoms with Gasteiger partial charge in [0.2, 0.25) is 0 Å². The van der Waals surface area contributed by atoms with Crippen molar-refractivity contribution in [3.63, 3.8) is 0 Å². The highest BCUT2D eigenvalue weighted by molar-refractivity contribution is 5.85. The zero-order valence-electron chi connectivity index (χ0n) is 18.6. The predicted octanol–water partition coefficient (Wildman–Crippen LogP) is 5.94. The zero-order valence-corrected chi connectivity index (χ0v) is 18.6. The molecule has 0 aromatic heterocycles. The summed E-state index contributed by atoms with van der Waals surface area (Å²) < 4.78 is 6.04. The van der Waals surface area contributed by atoms with E-state index in [4.69, 9.17) is 4.74 Å². The summed E-state index contributed by atoms with van der Waals surface area (Å²) >= 11 is 0. The van der Waals surface area contributed by atoms with Crippen molar-refractivity contribution in [2.75, 3.05) is 19.7 Å². The maximum absolute atomic E-state index is 9.44. The number of ether oxygens (including phenoxy) is 1. The molecule has 2 aromatic carbocycles. The van der Waals surface area contributed by atoms with Gasteiger partial charge in [-0.3, -0.25) is 0 Å². The van der Waals surface area contributed by atoms with E-state index in [2.05, 4.69) is 54.7 Å². The monoisotopic (exact) mass is 397 g/mol. The van der Waals surface area contributed by atoms with E-state index < -0.39 is 0 Å². The van der Waals surface area contributed by atoms with E-state index in [1.165, 1.54) is 81.8 Å². The van der Waals surface area contributed by atoms with Gasteiger partial charge in [-0.05, 0) is 74.9 Å². The van der Waals surface area contributed by atoms with Gasteiger partial charge < -0.3 is 14.8 Å². The molecule has 1 heterocycles. The van der Waals surface area contributed by atoms with Crippen molar-refractivity contribution in [1.29, 1.82) is 0 Å². The Bertz CT molecular complexity index is 706. The first kappa shape index (κ1) is 23.6. The van der Waals surface area contributed by atoms with Crippen LogP contribution in [-0.2, 0) is 16.0 Å². The molecule has 1 aliphatic carbocycles. The molecule has 29 heavy (non-hydrogen) atoms. The van der Waals surface area contributed by atoms with Gasteiger partial charge in [-0.1, -0.05) is 68.7 Å². The van der Waals surface area contributed by atoms with Crippen LogP contribution in [0.25, 0.3) is 10.8 Å². The number of benzene rings is 2. The number of carbonyl (C=O) groups is 1. The second-order valence-electron chi connectivity index (χ2n) is 8.53. The molecule has 1 N–H and O–H groups in total. The fraction of sp³-hybridized carbons (Fsp3) is 0.577. The molecule has 2 aromatic rings. The molecule has 1 saturated carbocycles. The molecular weight excluding hydrogens is 358 g/mol. The molecule has 0 amide bonds. The highest BCUT2D eigenvalue weighted by Gasteiger charge is 2.13.